The van der Waals surface area contributed by atoms with Crippen LogP contribution in [0.25, 0.3) is 11.3 Å². The fraction of sp³-hybridized carbons (Fsp3) is 0.357. The molecule has 0 aliphatic carbocycles. The SMILES string of the molecule is CC(C)c1ccc(C(NC(=O)C2CCCN2C)c2cccc(-c3cnco3)c2)nc1F.N/C=C(\N)CC=O. The van der Waals surface area contributed by atoms with Gasteiger partial charge in [-0.3, -0.25) is 9.69 Å². The van der Waals surface area contributed by atoms with Crippen LogP contribution in [0.2, 0.25) is 0 Å². The number of benzene rings is 1. The van der Waals surface area contributed by atoms with Crippen LogP contribution >= 0.6 is 0 Å². The third-order valence-electron chi connectivity index (χ3n) is 6.40. The Bertz CT molecular complexity index is 1250. The third kappa shape index (κ3) is 7.25. The van der Waals surface area contributed by atoms with E-state index in [-0.39, 0.29) is 24.3 Å². The summed E-state index contributed by atoms with van der Waals surface area (Å²) in [5.74, 6) is 0.0644. The van der Waals surface area contributed by atoms with Gasteiger partial charge in [-0.25, -0.2) is 9.97 Å². The van der Waals surface area contributed by atoms with E-state index in [1.165, 1.54) is 12.6 Å². The van der Waals surface area contributed by atoms with Crippen LogP contribution in [0, 0.1) is 5.95 Å². The van der Waals surface area contributed by atoms with E-state index in [4.69, 9.17) is 15.9 Å². The molecule has 1 saturated heterocycles. The lowest BCUT2D eigenvalue weighted by Crippen LogP contribution is -2.43. The van der Waals surface area contributed by atoms with Gasteiger partial charge in [-0.05, 0) is 50.0 Å². The second kappa shape index (κ2) is 13.5. The molecule has 1 fully saturated rings. The molecule has 1 amide bonds. The van der Waals surface area contributed by atoms with Crippen LogP contribution in [-0.4, -0.2) is 46.7 Å². The predicted octanol–water partition coefficient (Wildman–Crippen LogP) is 3.63. The Labute approximate surface area is 222 Å². The predicted molar refractivity (Wildman–Crippen MR) is 143 cm³/mol. The van der Waals surface area contributed by atoms with Gasteiger partial charge in [0.05, 0.1) is 24.0 Å². The fourth-order valence-electron chi connectivity index (χ4n) is 4.25. The van der Waals surface area contributed by atoms with Crippen molar-refractivity contribution in [3.63, 3.8) is 0 Å². The number of likely N-dealkylation sites (tertiary alicyclic amines) is 1. The number of hydrogen-bond donors (Lipinski definition) is 3. The van der Waals surface area contributed by atoms with Gasteiger partial charge in [0.15, 0.2) is 12.2 Å². The Morgan fingerprint density at radius 2 is 2.11 bits per heavy atom. The number of amides is 1. The summed E-state index contributed by atoms with van der Waals surface area (Å²) in [5.41, 5.74) is 13.1. The molecule has 2 atom stereocenters. The van der Waals surface area contributed by atoms with Gasteiger partial charge >= 0.3 is 0 Å². The molecule has 0 saturated carbocycles. The highest BCUT2D eigenvalue weighted by atomic mass is 19.1. The maximum Gasteiger partial charge on any atom is 0.238 e. The van der Waals surface area contributed by atoms with Gasteiger partial charge in [0.25, 0.3) is 0 Å². The Morgan fingerprint density at radius 1 is 1.32 bits per heavy atom. The molecule has 9 nitrogen and oxygen atoms in total. The van der Waals surface area contributed by atoms with Crippen LogP contribution in [-0.2, 0) is 9.59 Å². The number of nitrogens with zero attached hydrogens (tertiary/aromatic N) is 3. The number of rotatable bonds is 8. The van der Waals surface area contributed by atoms with E-state index in [9.17, 15) is 14.0 Å². The molecule has 1 aliphatic heterocycles. The number of allylic oxidation sites excluding steroid dienone is 1. The summed E-state index contributed by atoms with van der Waals surface area (Å²) in [6.45, 7) is 4.74. The monoisotopic (exact) mass is 522 g/mol. The molecule has 3 aromatic rings. The summed E-state index contributed by atoms with van der Waals surface area (Å²) in [6, 6.07) is 10.4. The van der Waals surface area contributed by atoms with E-state index in [2.05, 4.69) is 15.3 Å². The lowest BCUT2D eigenvalue weighted by molar-refractivity contribution is -0.125. The number of nitrogens with two attached hydrogens (primary N) is 2. The molecule has 0 bridgehead atoms. The average molecular weight is 523 g/mol. The average Bonchev–Trinajstić information content (AvgIpc) is 3.60. The molecule has 5 N–H and O–H groups in total. The van der Waals surface area contributed by atoms with E-state index in [0.717, 1.165) is 30.5 Å². The van der Waals surface area contributed by atoms with Gasteiger partial charge < -0.3 is 26.0 Å². The second-order valence-electron chi connectivity index (χ2n) is 9.45. The van der Waals surface area contributed by atoms with Crippen molar-refractivity contribution in [2.24, 2.45) is 11.5 Å². The zero-order valence-corrected chi connectivity index (χ0v) is 21.9. The van der Waals surface area contributed by atoms with Crippen LogP contribution in [0.5, 0.6) is 0 Å². The number of carbonyl (C=O) groups is 2. The molecule has 1 aliphatic rings. The first kappa shape index (κ1) is 28.5. The largest absolute Gasteiger partial charge is 0.444 e. The van der Waals surface area contributed by atoms with Crippen molar-refractivity contribution in [1.29, 1.82) is 0 Å². The molecular formula is C28H35FN6O3. The Balaban J connectivity index is 0.000000505. The molecule has 1 aromatic carbocycles. The van der Waals surface area contributed by atoms with Gasteiger partial charge in [0, 0.05) is 29.4 Å². The summed E-state index contributed by atoms with van der Waals surface area (Å²) in [5, 5.41) is 3.11. The minimum Gasteiger partial charge on any atom is -0.444 e. The normalized spacial score (nSPS) is 16.6. The number of aromatic nitrogens is 2. The molecular weight excluding hydrogens is 487 g/mol. The number of aldehydes is 1. The number of oxazole rings is 1. The van der Waals surface area contributed by atoms with Gasteiger partial charge in [-0.2, -0.15) is 4.39 Å². The first-order valence-electron chi connectivity index (χ1n) is 12.5. The molecule has 3 heterocycles. The zero-order valence-electron chi connectivity index (χ0n) is 21.9. The van der Waals surface area contributed by atoms with E-state index < -0.39 is 12.0 Å². The van der Waals surface area contributed by atoms with E-state index in [1.807, 2.05) is 50.1 Å². The Kier molecular flexibility index (Phi) is 10.1. The topological polar surface area (TPSA) is 140 Å². The van der Waals surface area contributed by atoms with Gasteiger partial charge in [-0.15, -0.1) is 0 Å². The Morgan fingerprint density at radius 3 is 2.66 bits per heavy atom. The van der Waals surface area contributed by atoms with Crippen LogP contribution < -0.4 is 16.8 Å². The fourth-order valence-corrected chi connectivity index (χ4v) is 4.25. The summed E-state index contributed by atoms with van der Waals surface area (Å²) < 4.78 is 20.1. The van der Waals surface area contributed by atoms with Gasteiger partial charge in [0.2, 0.25) is 11.9 Å². The van der Waals surface area contributed by atoms with E-state index in [0.29, 0.717) is 29.0 Å². The maximum absolute atomic E-state index is 14.7. The van der Waals surface area contributed by atoms with Crippen LogP contribution in [0.4, 0.5) is 4.39 Å². The number of pyridine rings is 1. The number of halogens is 1. The van der Waals surface area contributed by atoms with Crippen molar-refractivity contribution in [2.75, 3.05) is 13.6 Å². The van der Waals surface area contributed by atoms with Crippen LogP contribution in [0.3, 0.4) is 0 Å². The Hall–Kier alpha value is -4.05. The molecule has 0 radical (unpaired) electrons. The highest BCUT2D eigenvalue weighted by molar-refractivity contribution is 5.83. The number of carbonyl (C=O) groups excluding carboxylic acids is 2. The minimum atomic E-state index is -0.583. The van der Waals surface area contributed by atoms with Crippen molar-refractivity contribution in [3.8, 4) is 11.3 Å². The summed E-state index contributed by atoms with van der Waals surface area (Å²) >= 11 is 0. The van der Waals surface area contributed by atoms with Crippen molar-refractivity contribution in [3.05, 3.63) is 83.7 Å². The molecule has 0 spiro atoms. The van der Waals surface area contributed by atoms with E-state index >= 15 is 0 Å². The van der Waals surface area contributed by atoms with Crippen molar-refractivity contribution < 1.29 is 18.4 Å². The van der Waals surface area contributed by atoms with Crippen molar-refractivity contribution in [1.82, 2.24) is 20.2 Å². The zero-order chi connectivity index (χ0) is 27.7. The maximum atomic E-state index is 14.7. The minimum absolute atomic E-state index is 0.0245. The van der Waals surface area contributed by atoms with Crippen LogP contribution in [0.1, 0.15) is 61.9 Å². The van der Waals surface area contributed by atoms with Gasteiger partial charge in [-0.1, -0.05) is 38.1 Å². The summed E-state index contributed by atoms with van der Waals surface area (Å²) in [7, 11) is 1.95. The third-order valence-corrected chi connectivity index (χ3v) is 6.40. The molecule has 2 aromatic heterocycles. The smallest absolute Gasteiger partial charge is 0.238 e. The summed E-state index contributed by atoms with van der Waals surface area (Å²) in [4.78, 5) is 32.9. The van der Waals surface area contributed by atoms with Crippen molar-refractivity contribution in [2.45, 2.75) is 51.1 Å². The standard InChI is InChI=1S/C24H27FN4O2.C4H8N2O/c1-15(2)18-9-10-19(27-23(18)25)22(28-24(30)20-8-5-11-29(20)3)17-7-4-6-16(12-17)21-13-26-14-31-21;5-3-4(6)1-2-7/h4,6-7,9-10,12-15,20,22H,5,8,11H2,1-3H3,(H,28,30);2-3H,1,5-6H2/b;4-3-. The van der Waals surface area contributed by atoms with Crippen LogP contribution in [0.15, 0.2) is 65.3 Å². The first-order chi connectivity index (χ1) is 18.2. The van der Waals surface area contributed by atoms with E-state index in [1.54, 1.807) is 18.3 Å². The second-order valence-corrected chi connectivity index (χ2v) is 9.45. The molecule has 38 heavy (non-hydrogen) atoms. The molecule has 4 rings (SSSR count). The molecule has 10 heteroatoms. The number of nitrogens with one attached hydrogen (secondary N) is 1. The highest BCUT2D eigenvalue weighted by Crippen LogP contribution is 2.28. The lowest BCUT2D eigenvalue weighted by Gasteiger charge is -2.24. The molecule has 202 valence electrons. The highest BCUT2D eigenvalue weighted by Gasteiger charge is 2.30. The molecule has 2 unspecified atom stereocenters. The summed E-state index contributed by atoms with van der Waals surface area (Å²) in [6.07, 6.45) is 6.95. The lowest BCUT2D eigenvalue weighted by atomic mass is 9.97. The quantitative estimate of drug-likeness (QED) is 0.301. The number of hydrogen-bond acceptors (Lipinski definition) is 8. The first-order valence-corrected chi connectivity index (χ1v) is 12.5. The number of likely N-dealkylation sites (N-methyl/N-ethyl adjacent to an activating group) is 1. The van der Waals surface area contributed by atoms with Crippen molar-refractivity contribution >= 4 is 12.2 Å². The van der Waals surface area contributed by atoms with Gasteiger partial charge in [0.1, 0.15) is 6.29 Å².